The van der Waals surface area contributed by atoms with Gasteiger partial charge in [0.05, 0.1) is 5.56 Å². The fraction of sp³-hybridized carbons (Fsp3) is 0.0714. The quantitative estimate of drug-likeness (QED) is 0.908. The predicted molar refractivity (Wildman–Crippen MR) is 75.7 cm³/mol. The van der Waals surface area contributed by atoms with Gasteiger partial charge >= 0.3 is 0 Å². The summed E-state index contributed by atoms with van der Waals surface area (Å²) in [7, 11) is 0. The molecule has 0 bridgehead atoms. The maximum atomic E-state index is 11.9. The second-order valence-corrected chi connectivity index (χ2v) is 4.85. The Morgan fingerprint density at radius 3 is 2.58 bits per heavy atom. The number of rotatable bonds is 3. The third-order valence-corrected chi connectivity index (χ3v) is 3.02. The van der Waals surface area contributed by atoms with E-state index in [0.29, 0.717) is 16.6 Å². The molecule has 3 nitrogen and oxygen atoms in total. The summed E-state index contributed by atoms with van der Waals surface area (Å²) in [5.74, 6) is -0.493. The van der Waals surface area contributed by atoms with Crippen molar-refractivity contribution in [1.29, 1.82) is 0 Å². The highest BCUT2D eigenvalue weighted by Gasteiger charge is 2.11. The Morgan fingerprint density at radius 1 is 1.11 bits per heavy atom. The van der Waals surface area contributed by atoms with Crippen LogP contribution in [0.3, 0.4) is 0 Å². The van der Waals surface area contributed by atoms with Gasteiger partial charge in [0.2, 0.25) is 0 Å². The van der Waals surface area contributed by atoms with Gasteiger partial charge in [0.15, 0.2) is 0 Å². The minimum atomic E-state index is -0.389. The summed E-state index contributed by atoms with van der Waals surface area (Å²) in [4.78, 5) is 11.9. The molecule has 0 aromatic heterocycles. The van der Waals surface area contributed by atoms with Crippen molar-refractivity contribution in [3.63, 3.8) is 0 Å². The molecule has 2 aromatic rings. The maximum absolute atomic E-state index is 11.9. The van der Waals surface area contributed by atoms with Crippen molar-refractivity contribution in [3.05, 3.63) is 63.6 Å². The number of carbonyl (C=O) groups is 1. The molecule has 0 saturated heterocycles. The molecular weight excluding hydrogens is 285 g/mol. The smallest absolute Gasteiger partial charge is 0.255 e. The third-order valence-electron chi connectivity index (χ3n) is 2.55. The first kappa shape index (κ1) is 13.7. The molecule has 98 valence electrons. The topological polar surface area (TPSA) is 49.3 Å². The molecule has 0 atom stereocenters. The van der Waals surface area contributed by atoms with E-state index < -0.39 is 0 Å². The van der Waals surface area contributed by atoms with Crippen molar-refractivity contribution in [2.24, 2.45) is 0 Å². The summed E-state index contributed by atoms with van der Waals surface area (Å²) in [5.41, 5.74) is 1.02. The highest BCUT2D eigenvalue weighted by Crippen LogP contribution is 2.21. The van der Waals surface area contributed by atoms with E-state index in [1.807, 2.05) is 6.07 Å². The molecule has 0 spiro atoms. The number of aromatic hydroxyl groups is 1. The number of hydrogen-bond acceptors (Lipinski definition) is 2. The highest BCUT2D eigenvalue weighted by molar-refractivity contribution is 6.31. The molecular formula is C14H11Cl2NO2. The average Bonchev–Trinajstić information content (AvgIpc) is 2.39. The van der Waals surface area contributed by atoms with E-state index in [1.54, 1.807) is 18.2 Å². The minimum absolute atomic E-state index is 0.104. The van der Waals surface area contributed by atoms with Crippen LogP contribution in [0.5, 0.6) is 5.75 Å². The van der Waals surface area contributed by atoms with E-state index in [4.69, 9.17) is 23.2 Å². The van der Waals surface area contributed by atoms with Crippen LogP contribution >= 0.6 is 23.2 Å². The lowest BCUT2D eigenvalue weighted by atomic mass is 10.1. The van der Waals surface area contributed by atoms with Gasteiger partial charge in [-0.3, -0.25) is 4.79 Å². The molecule has 2 aromatic carbocycles. The maximum Gasteiger partial charge on any atom is 0.255 e. The van der Waals surface area contributed by atoms with Gasteiger partial charge in [-0.15, -0.1) is 0 Å². The molecule has 0 aliphatic carbocycles. The van der Waals surface area contributed by atoms with Crippen molar-refractivity contribution in [2.45, 2.75) is 6.54 Å². The molecule has 5 heteroatoms. The second-order valence-electron chi connectivity index (χ2n) is 3.97. The summed E-state index contributed by atoms with van der Waals surface area (Å²) in [6, 6.07) is 11.5. The third kappa shape index (κ3) is 3.63. The van der Waals surface area contributed by atoms with Gasteiger partial charge in [-0.1, -0.05) is 35.3 Å². The monoisotopic (exact) mass is 295 g/mol. The van der Waals surface area contributed by atoms with E-state index in [-0.39, 0.29) is 17.2 Å². The molecule has 0 aliphatic heterocycles. The van der Waals surface area contributed by atoms with Gasteiger partial charge in [0.25, 0.3) is 5.91 Å². The van der Waals surface area contributed by atoms with Crippen molar-refractivity contribution in [2.75, 3.05) is 0 Å². The highest BCUT2D eigenvalue weighted by atomic mass is 35.5. The van der Waals surface area contributed by atoms with Gasteiger partial charge in [0, 0.05) is 16.6 Å². The molecule has 2 N–H and O–H groups in total. The van der Waals surface area contributed by atoms with Crippen LogP contribution in [0.1, 0.15) is 15.9 Å². The molecule has 0 radical (unpaired) electrons. The lowest BCUT2D eigenvalue weighted by Gasteiger charge is -2.07. The zero-order valence-corrected chi connectivity index (χ0v) is 11.4. The van der Waals surface area contributed by atoms with Crippen LogP contribution in [-0.2, 0) is 6.54 Å². The van der Waals surface area contributed by atoms with Gasteiger partial charge in [-0.25, -0.2) is 0 Å². The fourth-order valence-electron chi connectivity index (χ4n) is 1.61. The van der Waals surface area contributed by atoms with Crippen molar-refractivity contribution >= 4 is 29.1 Å². The molecule has 0 heterocycles. The zero-order valence-electron chi connectivity index (χ0n) is 9.86. The zero-order chi connectivity index (χ0) is 13.8. The van der Waals surface area contributed by atoms with E-state index in [2.05, 4.69) is 5.32 Å². The first-order chi connectivity index (χ1) is 9.06. The molecule has 0 saturated carbocycles. The number of halogens is 2. The Bertz CT molecular complexity index is 614. The van der Waals surface area contributed by atoms with Gasteiger partial charge in [-0.05, 0) is 35.9 Å². The molecule has 0 aliphatic rings. The number of hydrogen-bond donors (Lipinski definition) is 2. The number of nitrogens with one attached hydrogen (secondary N) is 1. The number of phenolic OH excluding ortho intramolecular Hbond substituents is 1. The summed E-state index contributed by atoms with van der Waals surface area (Å²) in [6.45, 7) is 0.325. The second kappa shape index (κ2) is 5.95. The van der Waals surface area contributed by atoms with Crippen LogP contribution in [0.25, 0.3) is 0 Å². The first-order valence-corrected chi connectivity index (χ1v) is 6.33. The molecule has 2 rings (SSSR count). The van der Waals surface area contributed by atoms with Crippen LogP contribution < -0.4 is 5.32 Å². The standard InChI is InChI=1S/C14H11Cl2NO2/c15-10-3-1-2-9(6-10)8-17-14(19)12-7-11(16)4-5-13(12)18/h1-7,18H,8H2,(H,17,19). The van der Waals surface area contributed by atoms with Gasteiger partial charge < -0.3 is 10.4 Å². The number of carbonyl (C=O) groups excluding carboxylic acids is 1. The molecule has 0 fully saturated rings. The summed E-state index contributed by atoms with van der Waals surface area (Å²) in [5, 5.41) is 13.3. The minimum Gasteiger partial charge on any atom is -0.507 e. The largest absolute Gasteiger partial charge is 0.507 e. The van der Waals surface area contributed by atoms with Crippen molar-refractivity contribution in [3.8, 4) is 5.75 Å². The number of amides is 1. The summed E-state index contributed by atoms with van der Waals surface area (Å²) >= 11 is 11.6. The Kier molecular flexibility index (Phi) is 4.30. The van der Waals surface area contributed by atoms with Crippen LogP contribution in [0.2, 0.25) is 10.0 Å². The normalized spacial score (nSPS) is 10.2. The number of phenols is 1. The Labute approximate surface area is 120 Å². The van der Waals surface area contributed by atoms with Crippen LogP contribution in [0, 0.1) is 0 Å². The van der Waals surface area contributed by atoms with Crippen molar-refractivity contribution in [1.82, 2.24) is 5.32 Å². The summed E-state index contributed by atoms with van der Waals surface area (Å²) < 4.78 is 0. The average molecular weight is 296 g/mol. The lowest BCUT2D eigenvalue weighted by Crippen LogP contribution is -2.22. The Hall–Kier alpha value is -1.71. The fourth-order valence-corrected chi connectivity index (χ4v) is 2.00. The van der Waals surface area contributed by atoms with Gasteiger partial charge in [-0.2, -0.15) is 0 Å². The van der Waals surface area contributed by atoms with E-state index in [1.165, 1.54) is 18.2 Å². The molecule has 19 heavy (non-hydrogen) atoms. The molecule has 1 amide bonds. The summed E-state index contributed by atoms with van der Waals surface area (Å²) in [6.07, 6.45) is 0. The lowest BCUT2D eigenvalue weighted by molar-refractivity contribution is 0.0948. The van der Waals surface area contributed by atoms with E-state index in [9.17, 15) is 9.90 Å². The van der Waals surface area contributed by atoms with E-state index >= 15 is 0 Å². The number of benzene rings is 2. The van der Waals surface area contributed by atoms with Crippen LogP contribution in [0.15, 0.2) is 42.5 Å². The predicted octanol–water partition coefficient (Wildman–Crippen LogP) is 3.63. The van der Waals surface area contributed by atoms with Crippen LogP contribution in [0.4, 0.5) is 0 Å². The van der Waals surface area contributed by atoms with E-state index in [0.717, 1.165) is 5.56 Å². The molecule has 0 unspecified atom stereocenters. The SMILES string of the molecule is O=C(NCc1cccc(Cl)c1)c1cc(Cl)ccc1O. The Balaban J connectivity index is 2.07. The van der Waals surface area contributed by atoms with Crippen molar-refractivity contribution < 1.29 is 9.90 Å². The van der Waals surface area contributed by atoms with Crippen LogP contribution in [-0.4, -0.2) is 11.0 Å². The first-order valence-electron chi connectivity index (χ1n) is 5.57. The van der Waals surface area contributed by atoms with Gasteiger partial charge in [0.1, 0.15) is 5.75 Å². The Morgan fingerprint density at radius 2 is 1.84 bits per heavy atom.